The molecule has 1 aromatic heterocycles. The van der Waals surface area contributed by atoms with Crippen LogP contribution in [-0.2, 0) is 11.2 Å². The fraction of sp³-hybridized carbons (Fsp3) is 0.550. The zero-order valence-corrected chi connectivity index (χ0v) is 20.0. The Labute approximate surface area is 194 Å². The van der Waals surface area contributed by atoms with Crippen molar-refractivity contribution in [2.75, 3.05) is 33.9 Å². The van der Waals surface area contributed by atoms with Gasteiger partial charge in [-0.15, -0.1) is 24.0 Å². The van der Waals surface area contributed by atoms with Crippen LogP contribution in [-0.4, -0.2) is 50.0 Å². The van der Waals surface area contributed by atoms with Crippen molar-refractivity contribution in [3.8, 4) is 11.4 Å². The number of rotatable bonds is 9. The van der Waals surface area contributed by atoms with Crippen molar-refractivity contribution >= 4 is 41.5 Å². The Balaban J connectivity index is 0.00000300. The summed E-state index contributed by atoms with van der Waals surface area (Å²) in [5.74, 6) is 1.91. The second kappa shape index (κ2) is 11.7. The van der Waals surface area contributed by atoms with Crippen molar-refractivity contribution < 1.29 is 9.26 Å². The van der Waals surface area contributed by atoms with E-state index in [-0.39, 0.29) is 24.0 Å². The van der Waals surface area contributed by atoms with Crippen LogP contribution in [0.2, 0.25) is 5.02 Å². The van der Waals surface area contributed by atoms with Crippen LogP contribution in [0.3, 0.4) is 0 Å². The molecule has 160 valence electrons. The summed E-state index contributed by atoms with van der Waals surface area (Å²) >= 11 is 6.02. The Morgan fingerprint density at radius 3 is 2.83 bits per heavy atom. The van der Waals surface area contributed by atoms with Crippen molar-refractivity contribution in [1.29, 1.82) is 0 Å². The molecule has 0 atom stereocenters. The first kappa shape index (κ1) is 23.9. The molecule has 0 bridgehead atoms. The van der Waals surface area contributed by atoms with Gasteiger partial charge < -0.3 is 19.9 Å². The molecule has 1 saturated carbocycles. The van der Waals surface area contributed by atoms with Gasteiger partial charge in [-0.3, -0.25) is 4.99 Å². The van der Waals surface area contributed by atoms with Gasteiger partial charge in [-0.1, -0.05) is 35.3 Å². The molecule has 0 spiro atoms. The van der Waals surface area contributed by atoms with Crippen LogP contribution in [0.5, 0.6) is 0 Å². The number of hydrogen-bond donors (Lipinski definition) is 2. The maximum absolute atomic E-state index is 6.02. The van der Waals surface area contributed by atoms with Crippen molar-refractivity contribution in [1.82, 2.24) is 20.8 Å². The van der Waals surface area contributed by atoms with E-state index in [0.717, 1.165) is 31.1 Å². The Morgan fingerprint density at radius 1 is 1.34 bits per heavy atom. The molecule has 0 unspecified atom stereocenters. The van der Waals surface area contributed by atoms with E-state index in [9.17, 15) is 0 Å². The molecular formula is C20H29ClIN5O2. The van der Waals surface area contributed by atoms with Crippen LogP contribution in [0.1, 0.15) is 31.6 Å². The molecular weight excluding hydrogens is 505 g/mol. The van der Waals surface area contributed by atoms with Gasteiger partial charge >= 0.3 is 0 Å². The molecule has 0 aliphatic heterocycles. The van der Waals surface area contributed by atoms with Gasteiger partial charge in [-0.25, -0.2) is 0 Å². The zero-order chi connectivity index (χ0) is 19.8. The summed E-state index contributed by atoms with van der Waals surface area (Å²) < 4.78 is 10.6. The average molecular weight is 534 g/mol. The van der Waals surface area contributed by atoms with Gasteiger partial charge in [0.05, 0.1) is 0 Å². The summed E-state index contributed by atoms with van der Waals surface area (Å²) in [5.41, 5.74) is 1.18. The van der Waals surface area contributed by atoms with E-state index in [1.807, 2.05) is 24.3 Å². The Hall–Kier alpha value is -1.39. The van der Waals surface area contributed by atoms with Crippen LogP contribution in [0.15, 0.2) is 33.8 Å². The summed E-state index contributed by atoms with van der Waals surface area (Å²) in [5, 5.41) is 11.4. The van der Waals surface area contributed by atoms with Gasteiger partial charge in [-0.2, -0.15) is 4.98 Å². The lowest BCUT2D eigenvalue weighted by Gasteiger charge is -2.42. The lowest BCUT2D eigenvalue weighted by molar-refractivity contribution is 0.0732. The molecule has 29 heavy (non-hydrogen) atoms. The molecule has 2 N–H and O–H groups in total. The largest absolute Gasteiger partial charge is 0.385 e. The summed E-state index contributed by atoms with van der Waals surface area (Å²) in [7, 11) is 3.54. The molecule has 0 saturated heterocycles. The second-order valence-electron chi connectivity index (χ2n) is 7.22. The highest BCUT2D eigenvalue weighted by Gasteiger charge is 2.36. The predicted molar refractivity (Wildman–Crippen MR) is 126 cm³/mol. The van der Waals surface area contributed by atoms with Crippen LogP contribution in [0.25, 0.3) is 11.4 Å². The van der Waals surface area contributed by atoms with Gasteiger partial charge in [0.15, 0.2) is 5.96 Å². The van der Waals surface area contributed by atoms with Gasteiger partial charge in [0.1, 0.15) is 0 Å². The average Bonchev–Trinajstić information content (AvgIpc) is 3.14. The van der Waals surface area contributed by atoms with Gasteiger partial charge in [0, 0.05) is 50.9 Å². The molecule has 1 aliphatic rings. The quantitative estimate of drug-likeness (QED) is 0.289. The first-order chi connectivity index (χ1) is 13.6. The molecule has 1 aliphatic carbocycles. The van der Waals surface area contributed by atoms with Crippen molar-refractivity contribution in [2.24, 2.45) is 10.4 Å². The summed E-state index contributed by atoms with van der Waals surface area (Å²) in [6.07, 6.45) is 5.48. The van der Waals surface area contributed by atoms with Crippen LogP contribution in [0.4, 0.5) is 0 Å². The highest BCUT2D eigenvalue weighted by Crippen LogP contribution is 2.43. The summed E-state index contributed by atoms with van der Waals surface area (Å²) in [4.78, 5) is 8.74. The third-order valence-corrected chi connectivity index (χ3v) is 5.52. The molecule has 0 amide bonds. The lowest BCUT2D eigenvalue weighted by atomic mass is 9.67. The minimum absolute atomic E-state index is 0. The number of nitrogens with one attached hydrogen (secondary N) is 2. The number of halogens is 2. The molecule has 1 fully saturated rings. The number of aromatic nitrogens is 2. The van der Waals surface area contributed by atoms with Crippen molar-refractivity contribution in [2.45, 2.75) is 32.1 Å². The van der Waals surface area contributed by atoms with E-state index < -0.39 is 0 Å². The van der Waals surface area contributed by atoms with E-state index in [1.54, 1.807) is 14.2 Å². The lowest BCUT2D eigenvalue weighted by Crippen LogP contribution is -2.47. The third-order valence-electron chi connectivity index (χ3n) is 5.29. The number of benzene rings is 1. The van der Waals surface area contributed by atoms with E-state index in [0.29, 0.717) is 35.1 Å². The Morgan fingerprint density at radius 2 is 2.17 bits per heavy atom. The first-order valence-electron chi connectivity index (χ1n) is 9.66. The van der Waals surface area contributed by atoms with Crippen molar-refractivity contribution in [3.63, 3.8) is 0 Å². The van der Waals surface area contributed by atoms with Gasteiger partial charge in [0.2, 0.25) is 11.7 Å². The van der Waals surface area contributed by atoms with Crippen LogP contribution >= 0.6 is 35.6 Å². The van der Waals surface area contributed by atoms with E-state index in [1.165, 1.54) is 19.3 Å². The Bertz CT molecular complexity index is 795. The molecule has 3 rings (SSSR count). The van der Waals surface area contributed by atoms with Gasteiger partial charge in [0.25, 0.3) is 0 Å². The van der Waals surface area contributed by atoms with Gasteiger partial charge in [-0.05, 0) is 36.8 Å². The monoisotopic (exact) mass is 533 g/mol. The highest BCUT2D eigenvalue weighted by molar-refractivity contribution is 14.0. The molecule has 9 heteroatoms. The van der Waals surface area contributed by atoms with Crippen LogP contribution in [0, 0.1) is 5.41 Å². The smallest absolute Gasteiger partial charge is 0.228 e. The normalized spacial score (nSPS) is 15.3. The molecule has 2 aromatic rings. The molecule has 1 aromatic carbocycles. The van der Waals surface area contributed by atoms with Crippen LogP contribution < -0.4 is 10.6 Å². The number of methoxy groups -OCH3 is 1. The summed E-state index contributed by atoms with van der Waals surface area (Å²) in [6.45, 7) is 2.37. The predicted octanol–water partition coefficient (Wildman–Crippen LogP) is 3.92. The summed E-state index contributed by atoms with van der Waals surface area (Å²) in [6, 6.07) is 7.41. The Kier molecular flexibility index (Phi) is 9.64. The number of guanidine groups is 1. The standard InChI is InChI=1S/C20H28ClN5O2.HI/c1-22-19(24-14-20(8-4-9-20)10-12-27-2)23-11-7-17-25-18(26-28-17)15-5-3-6-16(21)13-15;/h3,5-6,13H,4,7-12,14H2,1-2H3,(H2,22,23,24);1H. The zero-order valence-electron chi connectivity index (χ0n) is 16.9. The third kappa shape index (κ3) is 6.82. The SMILES string of the molecule is CN=C(NCCc1nc(-c2cccc(Cl)c2)no1)NCC1(CCOC)CCC1.I. The minimum atomic E-state index is 0. The number of ether oxygens (including phenoxy) is 1. The highest BCUT2D eigenvalue weighted by atomic mass is 127. The molecule has 7 nitrogen and oxygen atoms in total. The first-order valence-corrected chi connectivity index (χ1v) is 10.0. The van der Waals surface area contributed by atoms with E-state index in [2.05, 4.69) is 25.8 Å². The second-order valence-corrected chi connectivity index (χ2v) is 7.66. The molecule has 0 radical (unpaired) electrons. The van der Waals surface area contributed by atoms with E-state index in [4.69, 9.17) is 20.9 Å². The number of nitrogens with zero attached hydrogens (tertiary/aromatic N) is 3. The maximum atomic E-state index is 6.02. The fourth-order valence-corrected chi connectivity index (χ4v) is 3.58. The molecule has 1 heterocycles. The topological polar surface area (TPSA) is 84.6 Å². The number of hydrogen-bond acceptors (Lipinski definition) is 5. The maximum Gasteiger partial charge on any atom is 0.228 e. The van der Waals surface area contributed by atoms with Crippen molar-refractivity contribution in [3.05, 3.63) is 35.2 Å². The number of aliphatic imine (C=N–C) groups is 1. The van der Waals surface area contributed by atoms with E-state index >= 15 is 0 Å². The minimum Gasteiger partial charge on any atom is -0.385 e. The fourth-order valence-electron chi connectivity index (χ4n) is 3.39.